The smallest absolute Gasteiger partial charge is 0.412 e. The Bertz CT molecular complexity index is 404. The first kappa shape index (κ1) is 13.7. The molecule has 1 amide bonds. The van der Waals surface area contributed by atoms with E-state index in [-0.39, 0.29) is 0 Å². The summed E-state index contributed by atoms with van der Waals surface area (Å²) in [7, 11) is 0. The van der Waals surface area contributed by atoms with Gasteiger partial charge in [0.1, 0.15) is 9.30 Å². The van der Waals surface area contributed by atoms with Gasteiger partial charge >= 0.3 is 6.09 Å². The van der Waals surface area contributed by atoms with E-state index in [1.165, 1.54) is 0 Å². The topological polar surface area (TPSA) is 51.2 Å². The van der Waals surface area contributed by atoms with Gasteiger partial charge in [0.2, 0.25) is 0 Å². The average Bonchev–Trinajstić information content (AvgIpc) is 2.08. The number of anilines is 1. The molecule has 1 N–H and O–H groups in total. The van der Waals surface area contributed by atoms with Crippen molar-refractivity contribution >= 4 is 50.3 Å². The van der Waals surface area contributed by atoms with Crippen molar-refractivity contribution in [1.29, 1.82) is 0 Å². The molecule has 0 aliphatic carbocycles. The van der Waals surface area contributed by atoms with E-state index in [1.54, 1.807) is 12.3 Å². The molecule has 1 aromatic rings. The van der Waals surface area contributed by atoms with Crippen LogP contribution in [0.4, 0.5) is 10.5 Å². The van der Waals surface area contributed by atoms with Crippen LogP contribution in [0.15, 0.2) is 16.7 Å². The summed E-state index contributed by atoms with van der Waals surface area (Å²) in [6.45, 7) is 5.45. The largest absolute Gasteiger partial charge is 0.444 e. The van der Waals surface area contributed by atoms with Gasteiger partial charge < -0.3 is 4.74 Å². The molecular weight excluding hydrogens is 387 g/mol. The van der Waals surface area contributed by atoms with Gasteiger partial charge in [0.15, 0.2) is 0 Å². The van der Waals surface area contributed by atoms with Crippen LogP contribution in [0.5, 0.6) is 0 Å². The number of halogens is 2. The van der Waals surface area contributed by atoms with Crippen LogP contribution in [0.2, 0.25) is 0 Å². The number of nitrogens with zero attached hydrogens (tertiary/aromatic N) is 1. The lowest BCUT2D eigenvalue weighted by molar-refractivity contribution is 0.0636. The number of pyridine rings is 1. The van der Waals surface area contributed by atoms with Gasteiger partial charge in [0, 0.05) is 10.7 Å². The third kappa shape index (κ3) is 4.65. The van der Waals surface area contributed by atoms with Crippen molar-refractivity contribution in [1.82, 2.24) is 4.98 Å². The van der Waals surface area contributed by atoms with Gasteiger partial charge in [-0.05, 0) is 65.4 Å². The molecule has 1 rings (SSSR count). The molecule has 6 heteroatoms. The Kier molecular flexibility index (Phi) is 4.54. The fraction of sp³-hybridized carbons (Fsp3) is 0.400. The summed E-state index contributed by atoms with van der Waals surface area (Å²) in [6, 6.07) is 1.78. The van der Waals surface area contributed by atoms with Crippen LogP contribution >= 0.6 is 38.5 Å². The highest BCUT2D eigenvalue weighted by molar-refractivity contribution is 14.1. The van der Waals surface area contributed by atoms with Crippen LogP contribution < -0.4 is 5.32 Å². The molecule has 0 radical (unpaired) electrons. The predicted molar refractivity (Wildman–Crippen MR) is 74.5 cm³/mol. The van der Waals surface area contributed by atoms with Gasteiger partial charge in [-0.2, -0.15) is 0 Å². The number of carbonyl (C=O) groups is 1. The molecule has 0 aromatic carbocycles. The number of carbonyl (C=O) groups excluding carboxylic acids is 1. The van der Waals surface area contributed by atoms with Crippen LogP contribution in [-0.4, -0.2) is 16.7 Å². The molecule has 4 nitrogen and oxygen atoms in total. The van der Waals surface area contributed by atoms with Crippen molar-refractivity contribution in [3.05, 3.63) is 20.4 Å². The first-order chi connectivity index (χ1) is 7.28. The van der Waals surface area contributed by atoms with Crippen molar-refractivity contribution in [2.45, 2.75) is 26.4 Å². The standard InChI is InChI=1S/C10H12BrIN2O2/c1-10(2,3)16-9(15)14-7-4-6(11)5-13-8(7)12/h4-5H,1-3H3,(H,14,15). The van der Waals surface area contributed by atoms with Gasteiger partial charge in [0.05, 0.1) is 5.69 Å². The second-order valence-electron chi connectivity index (χ2n) is 4.12. The molecule has 1 heterocycles. The maximum atomic E-state index is 11.5. The zero-order valence-corrected chi connectivity index (χ0v) is 12.9. The number of rotatable bonds is 1. The van der Waals surface area contributed by atoms with Crippen LogP contribution in [0.3, 0.4) is 0 Å². The predicted octanol–water partition coefficient (Wildman–Crippen LogP) is 3.80. The summed E-state index contributed by atoms with van der Waals surface area (Å²) < 4.78 is 6.66. The lowest BCUT2D eigenvalue weighted by atomic mass is 10.2. The second-order valence-corrected chi connectivity index (χ2v) is 6.06. The lowest BCUT2D eigenvalue weighted by Crippen LogP contribution is -2.27. The number of amides is 1. The third-order valence-electron chi connectivity index (χ3n) is 1.44. The van der Waals surface area contributed by atoms with E-state index in [9.17, 15) is 4.79 Å². The zero-order valence-electron chi connectivity index (χ0n) is 9.17. The van der Waals surface area contributed by atoms with Crippen molar-refractivity contribution in [3.63, 3.8) is 0 Å². The van der Waals surface area contributed by atoms with Crippen molar-refractivity contribution in [2.24, 2.45) is 0 Å². The van der Waals surface area contributed by atoms with E-state index in [1.807, 2.05) is 43.4 Å². The van der Waals surface area contributed by atoms with Crippen LogP contribution in [0.1, 0.15) is 20.8 Å². The highest BCUT2D eigenvalue weighted by atomic mass is 127. The minimum atomic E-state index is -0.505. The molecule has 0 saturated carbocycles. The molecule has 88 valence electrons. The van der Waals surface area contributed by atoms with Crippen LogP contribution in [0, 0.1) is 3.70 Å². The molecular formula is C10H12BrIN2O2. The first-order valence-electron chi connectivity index (χ1n) is 4.59. The minimum Gasteiger partial charge on any atom is -0.444 e. The Morgan fingerprint density at radius 2 is 2.19 bits per heavy atom. The van der Waals surface area contributed by atoms with Crippen LogP contribution in [0.25, 0.3) is 0 Å². The van der Waals surface area contributed by atoms with Crippen LogP contribution in [-0.2, 0) is 4.74 Å². The highest BCUT2D eigenvalue weighted by Gasteiger charge is 2.17. The summed E-state index contributed by atoms with van der Waals surface area (Å²) in [5.41, 5.74) is 0.124. The second kappa shape index (κ2) is 5.31. The molecule has 0 aliphatic heterocycles. The van der Waals surface area contributed by atoms with Crippen molar-refractivity contribution < 1.29 is 9.53 Å². The van der Waals surface area contributed by atoms with E-state index >= 15 is 0 Å². The monoisotopic (exact) mass is 398 g/mol. The van der Waals surface area contributed by atoms with Gasteiger partial charge in [-0.1, -0.05) is 0 Å². The Balaban J connectivity index is 2.73. The fourth-order valence-electron chi connectivity index (χ4n) is 0.924. The van der Waals surface area contributed by atoms with E-state index < -0.39 is 11.7 Å². The number of nitrogens with one attached hydrogen (secondary N) is 1. The van der Waals surface area contributed by atoms with E-state index in [2.05, 4.69) is 26.2 Å². The Labute approximate surface area is 116 Å². The number of ether oxygens (including phenoxy) is 1. The maximum absolute atomic E-state index is 11.5. The molecule has 16 heavy (non-hydrogen) atoms. The molecule has 0 atom stereocenters. The van der Waals surface area contributed by atoms with Crippen molar-refractivity contribution in [3.8, 4) is 0 Å². The SMILES string of the molecule is CC(C)(C)OC(=O)Nc1cc(Br)cnc1I. The number of aromatic nitrogens is 1. The fourth-order valence-corrected chi connectivity index (χ4v) is 1.68. The summed E-state index contributed by atoms with van der Waals surface area (Å²) >= 11 is 5.34. The number of hydrogen-bond acceptors (Lipinski definition) is 3. The first-order valence-corrected chi connectivity index (χ1v) is 6.46. The third-order valence-corrected chi connectivity index (χ3v) is 2.73. The Morgan fingerprint density at radius 3 is 2.75 bits per heavy atom. The van der Waals surface area contributed by atoms with E-state index in [0.717, 1.165) is 4.47 Å². The molecule has 0 bridgehead atoms. The zero-order chi connectivity index (χ0) is 12.3. The van der Waals surface area contributed by atoms with Crippen molar-refractivity contribution in [2.75, 3.05) is 5.32 Å². The quantitative estimate of drug-likeness (QED) is 0.578. The lowest BCUT2D eigenvalue weighted by Gasteiger charge is -2.19. The normalized spacial score (nSPS) is 11.1. The summed E-state index contributed by atoms with van der Waals surface area (Å²) in [6.07, 6.45) is 1.19. The Hall–Kier alpha value is -0.370. The summed E-state index contributed by atoms with van der Waals surface area (Å²) in [5.74, 6) is 0. The van der Waals surface area contributed by atoms with Gasteiger partial charge in [0.25, 0.3) is 0 Å². The van der Waals surface area contributed by atoms with Gasteiger partial charge in [-0.25, -0.2) is 9.78 Å². The average molecular weight is 399 g/mol. The van der Waals surface area contributed by atoms with Gasteiger partial charge in [-0.3, -0.25) is 5.32 Å². The Morgan fingerprint density at radius 1 is 1.56 bits per heavy atom. The minimum absolute atomic E-state index is 0.481. The maximum Gasteiger partial charge on any atom is 0.412 e. The van der Waals surface area contributed by atoms with E-state index in [4.69, 9.17) is 4.74 Å². The molecule has 0 aliphatic rings. The summed E-state index contributed by atoms with van der Waals surface area (Å²) in [5, 5.41) is 2.65. The molecule has 0 fully saturated rings. The molecule has 0 unspecified atom stereocenters. The molecule has 0 spiro atoms. The highest BCUT2D eigenvalue weighted by Crippen LogP contribution is 2.21. The van der Waals surface area contributed by atoms with Gasteiger partial charge in [-0.15, -0.1) is 0 Å². The molecule has 1 aromatic heterocycles. The van der Waals surface area contributed by atoms with E-state index in [0.29, 0.717) is 9.39 Å². The summed E-state index contributed by atoms with van der Waals surface area (Å²) in [4.78, 5) is 15.6. The number of hydrogen-bond donors (Lipinski definition) is 1. The molecule has 0 saturated heterocycles.